The molecule has 1 amide bonds. The first kappa shape index (κ1) is 15.4. The minimum absolute atomic E-state index is 0.0358. The molecule has 6 heteroatoms. The first-order chi connectivity index (χ1) is 11.1. The van der Waals surface area contributed by atoms with Crippen molar-refractivity contribution in [2.75, 3.05) is 13.7 Å². The molecule has 3 rings (SSSR count). The van der Waals surface area contributed by atoms with E-state index in [1.165, 1.54) is 0 Å². The van der Waals surface area contributed by atoms with Crippen LogP contribution in [0.15, 0.2) is 24.4 Å². The lowest BCUT2D eigenvalue weighted by molar-refractivity contribution is -0.405. The number of nitriles is 1. The molecule has 1 aliphatic rings. The first-order valence-corrected chi connectivity index (χ1v) is 7.81. The third kappa shape index (κ3) is 2.88. The number of nitrogens with one attached hydrogen (secondary N) is 1. The molecule has 0 spiro atoms. The maximum absolute atomic E-state index is 12.6. The van der Waals surface area contributed by atoms with E-state index in [2.05, 4.69) is 16.8 Å². The van der Waals surface area contributed by atoms with Crippen LogP contribution in [0.25, 0.3) is 10.9 Å². The predicted octanol–water partition coefficient (Wildman–Crippen LogP) is 0.844. The number of benzene rings is 1. The zero-order chi connectivity index (χ0) is 16.4. The second-order valence-electron chi connectivity index (χ2n) is 5.95. The van der Waals surface area contributed by atoms with Gasteiger partial charge in [0.2, 0.25) is 0 Å². The van der Waals surface area contributed by atoms with Crippen molar-refractivity contribution in [2.24, 2.45) is 0 Å². The van der Waals surface area contributed by atoms with Crippen molar-refractivity contribution in [3.05, 3.63) is 30.0 Å². The fourth-order valence-corrected chi connectivity index (χ4v) is 3.21. The molecule has 6 nitrogen and oxygen atoms in total. The normalized spacial score (nSPS) is 18.8. The van der Waals surface area contributed by atoms with E-state index in [9.17, 15) is 4.79 Å². The zero-order valence-electron chi connectivity index (χ0n) is 13.2. The molecule has 2 atom stereocenters. The molecule has 0 aliphatic carbocycles. The molecule has 1 aromatic heterocycles. The summed E-state index contributed by atoms with van der Waals surface area (Å²) in [5.41, 5.74) is 6.08. The second-order valence-corrected chi connectivity index (χ2v) is 5.95. The standard InChI is InChI=1S/C17H20N4O2/c1-23-13-4-5-16-14(8-13)11(10-20-16)7-15(19)17(22)21-6-2-3-12(21)9-18/h4-5,8,10,12,15,20H,2-3,6-7,19H2,1H3/p+1. The average molecular weight is 313 g/mol. The lowest BCUT2D eigenvalue weighted by Gasteiger charge is -2.21. The fourth-order valence-electron chi connectivity index (χ4n) is 3.21. The third-order valence-corrected chi connectivity index (χ3v) is 4.48. The van der Waals surface area contributed by atoms with Crippen LogP contribution in [0, 0.1) is 11.3 Å². The molecule has 1 aromatic carbocycles. The number of H-pyrrole nitrogens is 1. The molecule has 120 valence electrons. The van der Waals surface area contributed by atoms with E-state index in [1.807, 2.05) is 24.4 Å². The smallest absolute Gasteiger partial charge is 0.282 e. The summed E-state index contributed by atoms with van der Waals surface area (Å²) in [5.74, 6) is 0.751. The van der Waals surface area contributed by atoms with Gasteiger partial charge in [-0.25, -0.2) is 0 Å². The quantitative estimate of drug-likeness (QED) is 0.875. The Morgan fingerprint density at radius 2 is 2.43 bits per heavy atom. The molecule has 23 heavy (non-hydrogen) atoms. The maximum Gasteiger partial charge on any atom is 0.282 e. The topological polar surface area (TPSA) is 96.8 Å². The number of carbonyl (C=O) groups is 1. The molecule has 1 saturated heterocycles. The Balaban J connectivity index is 1.79. The van der Waals surface area contributed by atoms with Gasteiger partial charge >= 0.3 is 0 Å². The summed E-state index contributed by atoms with van der Waals surface area (Å²) < 4.78 is 5.27. The Hall–Kier alpha value is -2.52. The number of hydrogen-bond donors (Lipinski definition) is 2. The highest BCUT2D eigenvalue weighted by Gasteiger charge is 2.33. The van der Waals surface area contributed by atoms with Gasteiger partial charge in [-0.15, -0.1) is 0 Å². The van der Waals surface area contributed by atoms with E-state index in [0.717, 1.165) is 35.1 Å². The van der Waals surface area contributed by atoms with Crippen molar-refractivity contribution in [1.82, 2.24) is 9.88 Å². The number of methoxy groups -OCH3 is 1. The molecule has 0 bridgehead atoms. The largest absolute Gasteiger partial charge is 0.497 e. The molecule has 0 radical (unpaired) electrons. The molecule has 2 heterocycles. The van der Waals surface area contributed by atoms with Crippen molar-refractivity contribution in [1.29, 1.82) is 5.26 Å². The van der Waals surface area contributed by atoms with Gasteiger partial charge in [0.1, 0.15) is 11.8 Å². The van der Waals surface area contributed by atoms with Gasteiger partial charge in [0.15, 0.2) is 6.04 Å². The van der Waals surface area contributed by atoms with Crippen LogP contribution in [-0.2, 0) is 11.2 Å². The minimum atomic E-state index is -0.394. The predicted molar refractivity (Wildman–Crippen MR) is 85.6 cm³/mol. The molecule has 4 N–H and O–H groups in total. The van der Waals surface area contributed by atoms with E-state index < -0.39 is 6.04 Å². The van der Waals surface area contributed by atoms with Crippen molar-refractivity contribution in [3.63, 3.8) is 0 Å². The van der Waals surface area contributed by atoms with E-state index in [0.29, 0.717) is 13.0 Å². The monoisotopic (exact) mass is 313 g/mol. The van der Waals surface area contributed by atoms with Crippen LogP contribution in [-0.4, -0.2) is 41.5 Å². The van der Waals surface area contributed by atoms with Crippen molar-refractivity contribution in [2.45, 2.75) is 31.3 Å². The highest BCUT2D eigenvalue weighted by atomic mass is 16.5. The number of hydrogen-bond acceptors (Lipinski definition) is 3. The van der Waals surface area contributed by atoms with Gasteiger partial charge in [0.25, 0.3) is 5.91 Å². The number of quaternary nitrogens is 1. The molecule has 1 fully saturated rings. The van der Waals surface area contributed by atoms with Crippen molar-refractivity contribution in [3.8, 4) is 11.8 Å². The SMILES string of the molecule is COc1ccc2[nH]cc(CC([NH3+])C(=O)N3CCCC3C#N)c2c1. The van der Waals surface area contributed by atoms with Crippen LogP contribution in [0.4, 0.5) is 0 Å². The van der Waals surface area contributed by atoms with Crippen LogP contribution in [0.3, 0.4) is 0 Å². The van der Waals surface area contributed by atoms with Crippen LogP contribution in [0.1, 0.15) is 18.4 Å². The van der Waals surface area contributed by atoms with E-state index in [-0.39, 0.29) is 11.9 Å². The summed E-state index contributed by atoms with van der Waals surface area (Å²) in [6.45, 7) is 0.658. The van der Waals surface area contributed by atoms with E-state index in [4.69, 9.17) is 10.00 Å². The van der Waals surface area contributed by atoms with Gasteiger partial charge in [0.05, 0.1) is 13.2 Å². The van der Waals surface area contributed by atoms with Crippen LogP contribution >= 0.6 is 0 Å². The lowest BCUT2D eigenvalue weighted by atomic mass is 10.0. The number of carbonyl (C=O) groups excluding carboxylic acids is 1. The summed E-state index contributed by atoms with van der Waals surface area (Å²) in [6, 6.07) is 7.34. The number of likely N-dealkylation sites (tertiary alicyclic amines) is 1. The number of fused-ring (bicyclic) bond motifs is 1. The number of ether oxygens (including phenoxy) is 1. The number of aromatic nitrogens is 1. The Labute approximate surface area is 134 Å². The highest BCUT2D eigenvalue weighted by molar-refractivity contribution is 5.86. The minimum Gasteiger partial charge on any atom is -0.497 e. The Bertz CT molecular complexity index is 762. The van der Waals surface area contributed by atoms with Gasteiger partial charge in [-0.05, 0) is 36.6 Å². The van der Waals surface area contributed by atoms with Gasteiger partial charge in [-0.1, -0.05) is 0 Å². The first-order valence-electron chi connectivity index (χ1n) is 7.81. The average Bonchev–Trinajstić information content (AvgIpc) is 3.20. The summed E-state index contributed by atoms with van der Waals surface area (Å²) in [7, 11) is 1.64. The summed E-state index contributed by atoms with van der Waals surface area (Å²) >= 11 is 0. The van der Waals surface area contributed by atoms with Crippen LogP contribution in [0.2, 0.25) is 0 Å². The summed E-state index contributed by atoms with van der Waals surface area (Å²) in [5, 5.41) is 10.2. The lowest BCUT2D eigenvalue weighted by Crippen LogP contribution is -2.69. The highest BCUT2D eigenvalue weighted by Crippen LogP contribution is 2.25. The number of amides is 1. The van der Waals surface area contributed by atoms with Crippen molar-refractivity contribution >= 4 is 16.8 Å². The Morgan fingerprint density at radius 3 is 3.17 bits per heavy atom. The molecule has 2 unspecified atom stereocenters. The van der Waals surface area contributed by atoms with Gasteiger partial charge < -0.3 is 20.4 Å². The number of aromatic amines is 1. The maximum atomic E-state index is 12.6. The Morgan fingerprint density at radius 1 is 1.61 bits per heavy atom. The zero-order valence-corrected chi connectivity index (χ0v) is 13.2. The fraction of sp³-hybridized carbons (Fsp3) is 0.412. The molecule has 0 saturated carbocycles. The van der Waals surface area contributed by atoms with E-state index >= 15 is 0 Å². The third-order valence-electron chi connectivity index (χ3n) is 4.48. The number of rotatable bonds is 4. The second kappa shape index (κ2) is 6.31. The molecule has 2 aromatic rings. The number of nitrogens with zero attached hydrogens (tertiary/aromatic N) is 2. The molecular formula is C17H21N4O2+. The van der Waals surface area contributed by atoms with Crippen molar-refractivity contribution < 1.29 is 15.3 Å². The van der Waals surface area contributed by atoms with E-state index in [1.54, 1.807) is 12.0 Å². The molecular weight excluding hydrogens is 292 g/mol. The summed E-state index contributed by atoms with van der Waals surface area (Å²) in [4.78, 5) is 17.5. The van der Waals surface area contributed by atoms with Gasteiger partial charge in [-0.3, -0.25) is 4.79 Å². The summed E-state index contributed by atoms with van der Waals surface area (Å²) in [6.07, 6.45) is 4.11. The van der Waals surface area contributed by atoms with Gasteiger partial charge in [0, 0.05) is 30.1 Å². The molecule has 1 aliphatic heterocycles. The van der Waals surface area contributed by atoms with Crippen LogP contribution in [0.5, 0.6) is 5.75 Å². The Kier molecular flexibility index (Phi) is 4.22. The van der Waals surface area contributed by atoms with Crippen LogP contribution < -0.4 is 10.5 Å². The van der Waals surface area contributed by atoms with Gasteiger partial charge in [-0.2, -0.15) is 5.26 Å².